The number of nitrogens with zero attached hydrogens (tertiary/aromatic N) is 2. The van der Waals surface area contributed by atoms with Gasteiger partial charge in [0, 0.05) is 23.8 Å². The first-order valence-corrected chi connectivity index (χ1v) is 4.84. The molecule has 0 bridgehead atoms. The number of rotatable bonds is 2. The van der Waals surface area contributed by atoms with Gasteiger partial charge in [0.25, 0.3) is 0 Å². The van der Waals surface area contributed by atoms with Gasteiger partial charge in [-0.25, -0.2) is 0 Å². The average molecular weight is 221 g/mol. The summed E-state index contributed by atoms with van der Waals surface area (Å²) in [5.74, 6) is -0.113. The summed E-state index contributed by atoms with van der Waals surface area (Å²) < 4.78 is 1.60. The summed E-state index contributed by atoms with van der Waals surface area (Å²) in [4.78, 5) is 11.9. The Kier molecular flexibility index (Phi) is 2.56. The topological polar surface area (TPSA) is 34.9 Å². The molecule has 15 heavy (non-hydrogen) atoms. The molecule has 0 aliphatic heterocycles. The van der Waals surface area contributed by atoms with E-state index < -0.39 is 0 Å². The van der Waals surface area contributed by atoms with Crippen LogP contribution in [0.4, 0.5) is 0 Å². The highest BCUT2D eigenvalue weighted by atomic mass is 35.5. The van der Waals surface area contributed by atoms with Gasteiger partial charge in [-0.2, -0.15) is 5.10 Å². The summed E-state index contributed by atoms with van der Waals surface area (Å²) in [6, 6.07) is 8.53. The van der Waals surface area contributed by atoms with Crippen molar-refractivity contribution >= 4 is 17.4 Å². The van der Waals surface area contributed by atoms with Gasteiger partial charge >= 0.3 is 0 Å². The van der Waals surface area contributed by atoms with Crippen LogP contribution in [0.25, 0.3) is 0 Å². The van der Waals surface area contributed by atoms with Crippen molar-refractivity contribution in [1.82, 2.24) is 9.78 Å². The third-order valence-corrected chi connectivity index (χ3v) is 2.27. The lowest BCUT2D eigenvalue weighted by atomic mass is 10.1. The molecule has 0 aliphatic carbocycles. The van der Waals surface area contributed by atoms with Gasteiger partial charge < -0.3 is 0 Å². The normalized spacial score (nSPS) is 10.3. The fourth-order valence-corrected chi connectivity index (χ4v) is 1.50. The second-order valence-corrected chi connectivity index (χ2v) is 3.65. The van der Waals surface area contributed by atoms with Gasteiger partial charge in [0.2, 0.25) is 5.78 Å². The third kappa shape index (κ3) is 2.07. The SMILES string of the molecule is Cn1ccc(C(=O)c2cccc(Cl)c2)n1. The first-order chi connectivity index (χ1) is 7.16. The van der Waals surface area contributed by atoms with Crippen LogP contribution in [-0.2, 0) is 7.05 Å². The van der Waals surface area contributed by atoms with Crippen molar-refractivity contribution in [3.63, 3.8) is 0 Å². The van der Waals surface area contributed by atoms with Gasteiger partial charge in [-0.1, -0.05) is 23.7 Å². The van der Waals surface area contributed by atoms with E-state index in [1.807, 2.05) is 0 Å². The minimum atomic E-state index is -0.113. The van der Waals surface area contributed by atoms with Crippen LogP contribution >= 0.6 is 11.6 Å². The maximum atomic E-state index is 11.9. The van der Waals surface area contributed by atoms with E-state index in [0.717, 1.165) is 0 Å². The molecule has 1 aromatic carbocycles. The van der Waals surface area contributed by atoms with Crippen molar-refractivity contribution < 1.29 is 4.79 Å². The third-order valence-electron chi connectivity index (χ3n) is 2.03. The molecule has 0 radical (unpaired) electrons. The van der Waals surface area contributed by atoms with Gasteiger partial charge in [0.05, 0.1) is 0 Å². The minimum Gasteiger partial charge on any atom is -0.287 e. The Morgan fingerprint density at radius 3 is 2.80 bits per heavy atom. The Labute approximate surface area is 92.3 Å². The highest BCUT2D eigenvalue weighted by Crippen LogP contribution is 2.13. The van der Waals surface area contributed by atoms with Crippen LogP contribution in [0.15, 0.2) is 36.5 Å². The Morgan fingerprint density at radius 2 is 2.20 bits per heavy atom. The Balaban J connectivity index is 2.36. The Bertz CT molecular complexity index is 505. The molecule has 0 unspecified atom stereocenters. The van der Waals surface area contributed by atoms with E-state index in [4.69, 9.17) is 11.6 Å². The van der Waals surface area contributed by atoms with E-state index in [9.17, 15) is 4.79 Å². The molecule has 4 heteroatoms. The Hall–Kier alpha value is -1.61. The zero-order chi connectivity index (χ0) is 10.8. The Morgan fingerprint density at radius 1 is 1.40 bits per heavy atom. The average Bonchev–Trinajstić information content (AvgIpc) is 2.64. The molecular formula is C11H9ClN2O. The first kappa shape index (κ1) is 9.93. The highest BCUT2D eigenvalue weighted by molar-refractivity contribution is 6.31. The number of hydrogen-bond acceptors (Lipinski definition) is 2. The number of hydrogen-bond donors (Lipinski definition) is 0. The van der Waals surface area contributed by atoms with Crippen LogP contribution in [0.5, 0.6) is 0 Å². The van der Waals surface area contributed by atoms with Crippen molar-refractivity contribution in [1.29, 1.82) is 0 Å². The van der Waals surface area contributed by atoms with Crippen LogP contribution in [0.1, 0.15) is 16.1 Å². The van der Waals surface area contributed by atoms with Crippen LogP contribution in [0, 0.1) is 0 Å². The van der Waals surface area contributed by atoms with Gasteiger partial charge in [0.15, 0.2) is 0 Å². The van der Waals surface area contributed by atoms with Gasteiger partial charge in [-0.05, 0) is 18.2 Å². The molecule has 0 amide bonds. The van der Waals surface area contributed by atoms with Crippen LogP contribution in [0.3, 0.4) is 0 Å². The summed E-state index contributed by atoms with van der Waals surface area (Å²) in [6.07, 6.45) is 1.73. The van der Waals surface area contributed by atoms with Crippen LogP contribution < -0.4 is 0 Å². The van der Waals surface area contributed by atoms with Crippen LogP contribution in [-0.4, -0.2) is 15.6 Å². The summed E-state index contributed by atoms with van der Waals surface area (Å²) in [6.45, 7) is 0. The molecular weight excluding hydrogens is 212 g/mol. The smallest absolute Gasteiger partial charge is 0.213 e. The van der Waals surface area contributed by atoms with E-state index in [2.05, 4.69) is 5.10 Å². The summed E-state index contributed by atoms with van der Waals surface area (Å²) in [5.41, 5.74) is 0.987. The second kappa shape index (κ2) is 3.87. The standard InChI is InChI=1S/C11H9ClN2O/c1-14-6-5-10(13-14)11(15)8-3-2-4-9(12)7-8/h2-7H,1H3. The molecule has 0 spiro atoms. The maximum Gasteiger partial charge on any atom is 0.213 e. The summed E-state index contributed by atoms with van der Waals surface area (Å²) >= 11 is 5.80. The second-order valence-electron chi connectivity index (χ2n) is 3.21. The van der Waals surface area contributed by atoms with Gasteiger partial charge in [-0.15, -0.1) is 0 Å². The molecule has 0 saturated carbocycles. The fourth-order valence-electron chi connectivity index (χ4n) is 1.31. The van der Waals surface area contributed by atoms with Crippen molar-refractivity contribution in [2.75, 3.05) is 0 Å². The van der Waals surface area contributed by atoms with Crippen molar-refractivity contribution in [2.45, 2.75) is 0 Å². The summed E-state index contributed by atoms with van der Waals surface area (Å²) in [5, 5.41) is 4.59. The molecule has 1 aromatic heterocycles. The molecule has 1 heterocycles. The summed E-state index contributed by atoms with van der Waals surface area (Å²) in [7, 11) is 1.77. The molecule has 3 nitrogen and oxygen atoms in total. The molecule has 2 rings (SSSR count). The van der Waals surface area contributed by atoms with E-state index in [1.54, 1.807) is 48.3 Å². The lowest BCUT2D eigenvalue weighted by Crippen LogP contribution is -2.03. The lowest BCUT2D eigenvalue weighted by molar-refractivity contribution is 0.103. The van der Waals surface area contributed by atoms with E-state index in [-0.39, 0.29) is 5.78 Å². The number of halogens is 1. The predicted octanol–water partition coefficient (Wildman–Crippen LogP) is 2.30. The molecule has 0 fully saturated rings. The van der Waals surface area contributed by atoms with Crippen molar-refractivity contribution in [3.05, 3.63) is 52.8 Å². The maximum absolute atomic E-state index is 11.9. The monoisotopic (exact) mass is 220 g/mol. The van der Waals surface area contributed by atoms with E-state index in [1.165, 1.54) is 0 Å². The van der Waals surface area contributed by atoms with Crippen molar-refractivity contribution in [2.24, 2.45) is 7.05 Å². The van der Waals surface area contributed by atoms with Crippen molar-refractivity contribution in [3.8, 4) is 0 Å². The van der Waals surface area contributed by atoms with Crippen LogP contribution in [0.2, 0.25) is 5.02 Å². The number of aromatic nitrogens is 2. The molecule has 0 saturated heterocycles. The molecule has 0 atom stereocenters. The molecule has 76 valence electrons. The molecule has 2 aromatic rings. The zero-order valence-corrected chi connectivity index (χ0v) is 8.90. The van der Waals surface area contributed by atoms with Gasteiger partial charge in [0.1, 0.15) is 5.69 Å². The number of aryl methyl sites for hydroxylation is 1. The number of benzene rings is 1. The minimum absolute atomic E-state index is 0.113. The van der Waals surface area contributed by atoms with Gasteiger partial charge in [-0.3, -0.25) is 9.48 Å². The first-order valence-electron chi connectivity index (χ1n) is 4.47. The fraction of sp³-hybridized carbons (Fsp3) is 0.0909. The highest BCUT2D eigenvalue weighted by Gasteiger charge is 2.11. The molecule has 0 N–H and O–H groups in total. The zero-order valence-electron chi connectivity index (χ0n) is 8.14. The predicted molar refractivity (Wildman–Crippen MR) is 58.1 cm³/mol. The van der Waals surface area contributed by atoms with E-state index >= 15 is 0 Å². The molecule has 0 aliphatic rings. The number of carbonyl (C=O) groups excluding carboxylic acids is 1. The number of ketones is 1. The lowest BCUT2D eigenvalue weighted by Gasteiger charge is -1.97. The van der Waals surface area contributed by atoms with E-state index in [0.29, 0.717) is 16.3 Å². The quantitative estimate of drug-likeness (QED) is 0.728. The number of carbonyl (C=O) groups is 1. The largest absolute Gasteiger partial charge is 0.287 e.